The standard InChI is InChI=1S/C21H27N5O2/c27-20(13-16-9-3-5-11-22-16)26-12-6-4-10-19(26)17-14-18(25-24-17)21(28)23-15-7-1-2-8-15/h3,5,9,11,14-15,19H,1-2,4,6-8,10,12-13H2,(H,23,28)(H,24,25)/t19-/m0/s1. The smallest absolute Gasteiger partial charge is 0.271 e. The summed E-state index contributed by atoms with van der Waals surface area (Å²) in [4.78, 5) is 31.5. The highest BCUT2D eigenvalue weighted by atomic mass is 16.2. The van der Waals surface area contributed by atoms with E-state index in [1.54, 1.807) is 12.3 Å². The molecule has 1 saturated carbocycles. The number of carbonyl (C=O) groups is 2. The molecule has 0 radical (unpaired) electrons. The number of pyridine rings is 1. The van der Waals surface area contributed by atoms with Crippen molar-refractivity contribution in [3.05, 3.63) is 47.5 Å². The van der Waals surface area contributed by atoms with Crippen molar-refractivity contribution in [3.8, 4) is 0 Å². The number of hydrogen-bond acceptors (Lipinski definition) is 4. The Morgan fingerprint density at radius 1 is 1.14 bits per heavy atom. The van der Waals surface area contributed by atoms with Gasteiger partial charge in [-0.1, -0.05) is 18.9 Å². The molecule has 1 saturated heterocycles. The van der Waals surface area contributed by atoms with E-state index in [0.29, 0.717) is 12.1 Å². The number of aromatic nitrogens is 3. The van der Waals surface area contributed by atoms with Gasteiger partial charge in [-0.15, -0.1) is 0 Å². The lowest BCUT2D eigenvalue weighted by atomic mass is 9.98. The number of amides is 2. The topological polar surface area (TPSA) is 91.0 Å². The van der Waals surface area contributed by atoms with Gasteiger partial charge in [0.25, 0.3) is 5.91 Å². The Morgan fingerprint density at radius 3 is 2.75 bits per heavy atom. The van der Waals surface area contributed by atoms with Crippen LogP contribution < -0.4 is 5.32 Å². The average molecular weight is 381 g/mol. The number of nitrogens with one attached hydrogen (secondary N) is 2. The first-order chi connectivity index (χ1) is 13.7. The van der Waals surface area contributed by atoms with Crippen LogP contribution in [0, 0.1) is 0 Å². The minimum atomic E-state index is -0.128. The molecule has 7 nitrogen and oxygen atoms in total. The van der Waals surface area contributed by atoms with E-state index in [0.717, 1.165) is 50.0 Å². The van der Waals surface area contributed by atoms with Gasteiger partial charge in [0.2, 0.25) is 5.91 Å². The fraction of sp³-hybridized carbons (Fsp3) is 0.524. The Hall–Kier alpha value is -2.70. The fourth-order valence-electron chi connectivity index (χ4n) is 4.27. The Balaban J connectivity index is 1.44. The molecule has 0 aromatic carbocycles. The second-order valence-electron chi connectivity index (χ2n) is 7.76. The van der Waals surface area contributed by atoms with Gasteiger partial charge in [0, 0.05) is 24.5 Å². The van der Waals surface area contributed by atoms with Crippen molar-refractivity contribution in [2.24, 2.45) is 0 Å². The van der Waals surface area contributed by atoms with Crippen LogP contribution in [0.2, 0.25) is 0 Å². The molecule has 4 rings (SSSR count). The number of piperidine rings is 1. The lowest BCUT2D eigenvalue weighted by molar-refractivity contribution is -0.134. The van der Waals surface area contributed by atoms with Gasteiger partial charge in [-0.3, -0.25) is 19.7 Å². The predicted octanol–water partition coefficient (Wildman–Crippen LogP) is 2.77. The average Bonchev–Trinajstić information content (AvgIpc) is 3.41. The lowest BCUT2D eigenvalue weighted by Crippen LogP contribution is -2.39. The summed E-state index contributed by atoms with van der Waals surface area (Å²) in [5.41, 5.74) is 2.02. The minimum Gasteiger partial charge on any atom is -0.348 e. The molecule has 1 aliphatic carbocycles. The van der Waals surface area contributed by atoms with Crippen molar-refractivity contribution < 1.29 is 9.59 Å². The van der Waals surface area contributed by atoms with Crippen LogP contribution in [0.5, 0.6) is 0 Å². The summed E-state index contributed by atoms with van der Waals surface area (Å²) >= 11 is 0. The van der Waals surface area contributed by atoms with E-state index >= 15 is 0 Å². The third-order valence-corrected chi connectivity index (χ3v) is 5.76. The Kier molecular flexibility index (Phi) is 5.69. The van der Waals surface area contributed by atoms with E-state index in [1.165, 1.54) is 12.8 Å². The Bertz CT molecular complexity index is 813. The summed E-state index contributed by atoms with van der Waals surface area (Å²) in [6, 6.07) is 7.62. The zero-order valence-corrected chi connectivity index (χ0v) is 16.1. The van der Waals surface area contributed by atoms with Crippen molar-refractivity contribution in [1.29, 1.82) is 0 Å². The number of likely N-dealkylation sites (tertiary alicyclic amines) is 1. The first-order valence-corrected chi connectivity index (χ1v) is 10.3. The molecule has 1 aliphatic heterocycles. The Morgan fingerprint density at radius 2 is 1.96 bits per heavy atom. The second-order valence-corrected chi connectivity index (χ2v) is 7.76. The molecule has 2 fully saturated rings. The van der Waals surface area contributed by atoms with Gasteiger partial charge in [0.15, 0.2) is 0 Å². The van der Waals surface area contributed by atoms with Crippen LogP contribution in [0.1, 0.15) is 72.9 Å². The van der Waals surface area contributed by atoms with Crippen molar-refractivity contribution >= 4 is 11.8 Å². The second kappa shape index (κ2) is 8.54. The van der Waals surface area contributed by atoms with Crippen LogP contribution in [0.3, 0.4) is 0 Å². The largest absolute Gasteiger partial charge is 0.348 e. The molecule has 2 N–H and O–H groups in total. The van der Waals surface area contributed by atoms with E-state index in [9.17, 15) is 9.59 Å². The Labute approximate surface area is 164 Å². The molecule has 7 heteroatoms. The molecule has 0 spiro atoms. The van der Waals surface area contributed by atoms with Crippen LogP contribution in [-0.4, -0.2) is 44.5 Å². The molecule has 28 heavy (non-hydrogen) atoms. The van der Waals surface area contributed by atoms with Crippen LogP contribution in [0.15, 0.2) is 30.5 Å². The summed E-state index contributed by atoms with van der Waals surface area (Å²) in [5.74, 6) is -0.0634. The van der Waals surface area contributed by atoms with Gasteiger partial charge in [-0.05, 0) is 50.3 Å². The number of rotatable bonds is 5. The van der Waals surface area contributed by atoms with Crippen LogP contribution in [0.25, 0.3) is 0 Å². The first kappa shape index (κ1) is 18.7. The van der Waals surface area contributed by atoms with Crippen LogP contribution >= 0.6 is 0 Å². The monoisotopic (exact) mass is 381 g/mol. The summed E-state index contributed by atoms with van der Waals surface area (Å²) in [6.07, 6.45) is 9.36. The predicted molar refractivity (Wildman–Crippen MR) is 105 cm³/mol. The fourth-order valence-corrected chi connectivity index (χ4v) is 4.27. The number of H-pyrrole nitrogens is 1. The van der Waals surface area contributed by atoms with Crippen molar-refractivity contribution in [1.82, 2.24) is 25.4 Å². The summed E-state index contributed by atoms with van der Waals surface area (Å²) in [6.45, 7) is 0.721. The van der Waals surface area contributed by atoms with Crippen molar-refractivity contribution in [2.75, 3.05) is 6.54 Å². The molecular formula is C21H27N5O2. The van der Waals surface area contributed by atoms with Gasteiger partial charge >= 0.3 is 0 Å². The van der Waals surface area contributed by atoms with Gasteiger partial charge in [-0.25, -0.2) is 0 Å². The molecule has 2 amide bonds. The molecule has 1 atom stereocenters. The van der Waals surface area contributed by atoms with Gasteiger partial charge in [-0.2, -0.15) is 5.10 Å². The van der Waals surface area contributed by atoms with Gasteiger partial charge < -0.3 is 10.2 Å². The molecule has 2 aliphatic rings. The third kappa shape index (κ3) is 4.24. The summed E-state index contributed by atoms with van der Waals surface area (Å²) in [5, 5.41) is 10.3. The highest BCUT2D eigenvalue weighted by Crippen LogP contribution is 2.30. The van der Waals surface area contributed by atoms with E-state index in [-0.39, 0.29) is 23.9 Å². The van der Waals surface area contributed by atoms with Gasteiger partial charge in [0.1, 0.15) is 5.69 Å². The SMILES string of the molecule is O=C(NC1CCCC1)c1cc([C@@H]2CCCCN2C(=O)Cc2ccccn2)[nH]n1. The minimum absolute atomic E-state index is 0.0644. The van der Waals surface area contributed by atoms with E-state index in [4.69, 9.17) is 0 Å². The number of hydrogen-bond donors (Lipinski definition) is 2. The molecule has 148 valence electrons. The highest BCUT2D eigenvalue weighted by molar-refractivity contribution is 5.92. The molecule has 2 aromatic heterocycles. The normalized spacial score (nSPS) is 20.3. The maximum absolute atomic E-state index is 12.9. The van der Waals surface area contributed by atoms with Gasteiger partial charge in [0.05, 0.1) is 18.2 Å². The van der Waals surface area contributed by atoms with E-state index < -0.39 is 0 Å². The molecule has 2 aromatic rings. The number of carbonyl (C=O) groups excluding carboxylic acids is 2. The van der Waals surface area contributed by atoms with Crippen molar-refractivity contribution in [3.63, 3.8) is 0 Å². The molecule has 0 bridgehead atoms. The molecular weight excluding hydrogens is 354 g/mol. The molecule has 3 heterocycles. The summed E-state index contributed by atoms with van der Waals surface area (Å²) in [7, 11) is 0. The quantitative estimate of drug-likeness (QED) is 0.833. The summed E-state index contributed by atoms with van der Waals surface area (Å²) < 4.78 is 0. The maximum atomic E-state index is 12.9. The van der Waals surface area contributed by atoms with Crippen molar-refractivity contribution in [2.45, 2.75) is 63.5 Å². The van der Waals surface area contributed by atoms with E-state index in [1.807, 2.05) is 23.1 Å². The zero-order chi connectivity index (χ0) is 19.3. The lowest BCUT2D eigenvalue weighted by Gasteiger charge is -2.35. The zero-order valence-electron chi connectivity index (χ0n) is 16.1. The number of aromatic amines is 1. The van der Waals surface area contributed by atoms with Crippen LogP contribution in [-0.2, 0) is 11.2 Å². The molecule has 0 unspecified atom stereocenters. The van der Waals surface area contributed by atoms with Crippen LogP contribution in [0.4, 0.5) is 0 Å². The maximum Gasteiger partial charge on any atom is 0.271 e. The third-order valence-electron chi connectivity index (χ3n) is 5.76. The number of nitrogens with zero attached hydrogens (tertiary/aromatic N) is 3. The van der Waals surface area contributed by atoms with E-state index in [2.05, 4.69) is 20.5 Å². The highest BCUT2D eigenvalue weighted by Gasteiger charge is 2.30. The first-order valence-electron chi connectivity index (χ1n) is 10.3.